The number of thioether (sulfide) groups is 1. The van der Waals surface area contributed by atoms with Crippen molar-refractivity contribution < 1.29 is 126 Å². The second kappa shape index (κ2) is 49.4. The molecule has 0 radical (unpaired) electrons. The van der Waals surface area contributed by atoms with Gasteiger partial charge in [-0.25, -0.2) is 0 Å². The van der Waals surface area contributed by atoms with E-state index in [1.165, 1.54) is 38.4 Å². The number of H-pyrrole nitrogens is 2. The van der Waals surface area contributed by atoms with Gasteiger partial charge >= 0.3 is 17.9 Å². The Balaban J connectivity index is 1.09. The van der Waals surface area contributed by atoms with Crippen LogP contribution in [0.25, 0.3) is 21.8 Å². The van der Waals surface area contributed by atoms with E-state index < -0.39 is 292 Å². The first-order chi connectivity index (χ1) is 63.4. The van der Waals surface area contributed by atoms with Crippen LogP contribution in [-0.4, -0.2) is 340 Å². The number of benzene rings is 3. The normalized spacial score (nSPS) is 25.5. The minimum atomic E-state index is -1.98. The Morgan fingerprint density at radius 3 is 1.68 bits per heavy atom. The molecule has 44 nitrogen and oxygen atoms in total. The second-order valence-electron chi connectivity index (χ2n) is 33.4. The lowest BCUT2D eigenvalue weighted by Crippen LogP contribution is -2.63. The lowest BCUT2D eigenvalue weighted by molar-refractivity contribution is -0.153. The molecule has 5 aromatic rings. The highest BCUT2D eigenvalue weighted by atomic mass is 32.2. The van der Waals surface area contributed by atoms with Gasteiger partial charge in [0.25, 0.3) is 0 Å². The van der Waals surface area contributed by atoms with Gasteiger partial charge in [0.1, 0.15) is 78.3 Å². The fraction of sp³-hybridized carbons (Fsp3) is 0.534. The summed E-state index contributed by atoms with van der Waals surface area (Å²) < 4.78 is 5.65. The van der Waals surface area contributed by atoms with Gasteiger partial charge in [-0.15, -0.1) is 11.8 Å². The summed E-state index contributed by atoms with van der Waals surface area (Å²) in [5.41, 5.74) is 14.0. The summed E-state index contributed by atoms with van der Waals surface area (Å²) in [4.78, 5) is 284. The van der Waals surface area contributed by atoms with Gasteiger partial charge < -0.3 is 129 Å². The number of aromatic hydroxyl groups is 1. The summed E-state index contributed by atoms with van der Waals surface area (Å²) in [5, 5.41) is 86.8. The zero-order valence-corrected chi connectivity index (χ0v) is 75.0. The highest BCUT2D eigenvalue weighted by molar-refractivity contribution is 8.00. The van der Waals surface area contributed by atoms with E-state index in [-0.39, 0.29) is 83.2 Å². The zero-order valence-electron chi connectivity index (χ0n) is 74.2. The number of rotatable bonds is 25. The predicted octanol–water partition coefficient (Wildman–Crippen LogP) is -3.45. The molecule has 3 aromatic carbocycles. The van der Waals surface area contributed by atoms with Crippen LogP contribution in [-0.2, 0) is 115 Å². The van der Waals surface area contributed by atoms with Gasteiger partial charge in [-0.1, -0.05) is 88.1 Å². The van der Waals surface area contributed by atoms with Crippen molar-refractivity contribution in [2.24, 2.45) is 17.4 Å². The number of hydrogen-bond donors (Lipinski definition) is 19. The molecule has 15 amide bonds. The van der Waals surface area contributed by atoms with E-state index >= 15 is 38.4 Å². The maximum atomic E-state index is 15.7. The summed E-state index contributed by atoms with van der Waals surface area (Å²) >= 11 is 0.684. The SMILES string of the molecule is CCCC[C@H]1C(=O)N(C)[C@@H](CCCC)C(=O)N[C@@H](CCC(=O)O)C(=O)N[C@H](C(=O)NCC(N)=O)CSCC(=O)N[C@@H](Cc2ccc(O)cc2)C(=O)N2CCOC[C@H]2C(=O)N[C@@H](CC(=O)O)C(=O)N2CCC[C@H]2C(=O)N[C@@H](CN)C(=O)N[C@@H](CCC(=O)O)C(=O)N2C[C@H](O)C[C@H]2C(=O)N[C@@H](Cc2c[nH]c3ccccc23)C(=O)C[C@@H](CO)C(=O)N[C@@H](Cc2c[nH]c3ccccc23)C(=O)N1C. The van der Waals surface area contributed by atoms with Gasteiger partial charge in [0.2, 0.25) is 88.6 Å². The van der Waals surface area contributed by atoms with Crippen molar-refractivity contribution in [3.63, 3.8) is 0 Å². The number of aromatic amines is 2. The molecular weight excluding hydrogens is 1760 g/mol. The van der Waals surface area contributed by atoms with E-state index in [9.17, 15) is 83.4 Å². The number of hydrogen-bond acceptors (Lipinski definition) is 25. The third-order valence-electron chi connectivity index (χ3n) is 23.9. The fourth-order valence-electron chi connectivity index (χ4n) is 16.6. The number of para-hydroxylation sites is 2. The molecule has 15 atom stereocenters. The molecule has 133 heavy (non-hydrogen) atoms. The molecule has 45 heteroatoms. The Labute approximate surface area is 768 Å². The van der Waals surface area contributed by atoms with Crippen molar-refractivity contribution in [2.75, 3.05) is 78.1 Å². The molecule has 0 bridgehead atoms. The van der Waals surface area contributed by atoms with Crippen molar-refractivity contribution >= 4 is 146 Å². The first-order valence-electron chi connectivity index (χ1n) is 44.1. The number of carboxylic acid groups (broad SMARTS) is 3. The maximum Gasteiger partial charge on any atom is 0.305 e. The zero-order chi connectivity index (χ0) is 97.0. The summed E-state index contributed by atoms with van der Waals surface area (Å²) in [6, 6.07) is -2.55. The number of carbonyl (C=O) groups is 19. The highest BCUT2D eigenvalue weighted by Gasteiger charge is 2.47. The molecule has 4 aliphatic rings. The molecule has 21 N–H and O–H groups in total. The van der Waals surface area contributed by atoms with Crippen molar-refractivity contribution in [1.29, 1.82) is 0 Å². The van der Waals surface area contributed by atoms with Crippen LogP contribution >= 0.6 is 11.8 Å². The lowest BCUT2D eigenvalue weighted by atomic mass is 9.93. The van der Waals surface area contributed by atoms with E-state index in [1.807, 2.05) is 6.92 Å². The van der Waals surface area contributed by atoms with Gasteiger partial charge in [0.05, 0.1) is 56.6 Å². The third-order valence-corrected chi connectivity index (χ3v) is 24.9. The van der Waals surface area contributed by atoms with E-state index in [0.29, 0.717) is 63.1 Å². The number of likely N-dealkylation sites (N-methyl/N-ethyl adjacent to an activating group) is 2. The number of carbonyl (C=O) groups excluding carboxylic acids is 16. The largest absolute Gasteiger partial charge is 0.508 e. The van der Waals surface area contributed by atoms with E-state index in [1.54, 1.807) is 67.8 Å². The number of ketones is 1. The molecule has 722 valence electrons. The number of ether oxygens (including phenoxy) is 1. The molecule has 4 fully saturated rings. The molecule has 0 saturated carbocycles. The Hall–Kier alpha value is -13.1. The van der Waals surface area contributed by atoms with Crippen LogP contribution in [0.5, 0.6) is 5.75 Å². The van der Waals surface area contributed by atoms with Gasteiger partial charge in [-0.2, -0.15) is 0 Å². The number of unbranched alkanes of at least 4 members (excludes halogenated alkanes) is 2. The number of morpholine rings is 1. The van der Waals surface area contributed by atoms with Gasteiger partial charge in [0, 0.05) is 125 Å². The molecule has 4 aliphatic heterocycles. The van der Waals surface area contributed by atoms with Crippen molar-refractivity contribution in [3.8, 4) is 5.75 Å². The Morgan fingerprint density at radius 1 is 0.541 bits per heavy atom. The summed E-state index contributed by atoms with van der Waals surface area (Å²) in [6.45, 7) is -0.943. The van der Waals surface area contributed by atoms with Crippen LogP contribution in [0.3, 0.4) is 0 Å². The average molecular weight is 1880 g/mol. The number of aromatic nitrogens is 2. The number of nitrogens with one attached hydrogen (secondary N) is 11. The number of nitrogens with zero attached hydrogens (tertiary/aromatic N) is 5. The quantitative estimate of drug-likeness (QED) is 0.0270. The Kier molecular flexibility index (Phi) is 38.5. The summed E-state index contributed by atoms with van der Waals surface area (Å²) in [6.07, 6.45) is -3.39. The molecule has 4 saturated heterocycles. The van der Waals surface area contributed by atoms with Gasteiger partial charge in [0.15, 0.2) is 5.78 Å². The van der Waals surface area contributed by atoms with E-state index in [4.69, 9.17) is 16.2 Å². The third kappa shape index (κ3) is 28.4. The van der Waals surface area contributed by atoms with Crippen LogP contribution < -0.4 is 59.3 Å². The second-order valence-corrected chi connectivity index (χ2v) is 34.4. The standard InChI is InChI=1S/C88H118N18O26S/c1-5-7-18-65-80(123)95-57(25-27-73(113)114)78(121)101-64(77(120)93-41-71(90)111)45-133-46-72(112)94-60(32-47-21-23-51(108)24-22-47)86(129)105-30-31-132-44-69(105)83(126)99-62(37-75(117)118)87(130)104-29-13-20-66(104)81(124)100-63(38-89)79(122)96-58(26-28-74(115)116)85(128)106-42-52(109)36-68(106)82(125)97-59(33-48-39-91-55-16-11-9-14-53(48)55)70(110)35-50(43-107)76(119)98-61(34-49-40-92-56-17-12-10-15-54(49)56)84(127)103(4)67(19-8-6-2)88(131)102(65)3/h9-12,14-17,21-24,39-40,50,52,57-69,91-92,107-109H,5-8,13,18-20,25-38,41-46,89H2,1-4H3,(H2,90,111)(H,93,120)(H,94,112)(H,95,123)(H,96,122)(H,97,125)(H,98,119)(H,99,126)(H,100,124)(H,101,121)(H,113,114)(H,115,116)(H,117,118)/t50-,52+,57-,58-,59-,60-,61-,62-,63-,64-,65-,66-,67-,68-,69-/m0/s1. The van der Waals surface area contributed by atoms with Crippen molar-refractivity contribution in [2.45, 2.75) is 214 Å². The van der Waals surface area contributed by atoms with E-state index in [0.717, 1.165) is 24.5 Å². The minimum Gasteiger partial charge on any atom is -0.508 e. The number of aliphatic carboxylic acids is 3. The first-order valence-corrected chi connectivity index (χ1v) is 45.2. The Bertz CT molecular complexity index is 5070. The number of aliphatic hydroxyl groups is 2. The van der Waals surface area contributed by atoms with Gasteiger partial charge in [-0.05, 0) is 79.5 Å². The van der Waals surface area contributed by atoms with Gasteiger partial charge in [-0.3, -0.25) is 91.1 Å². The Morgan fingerprint density at radius 2 is 1.07 bits per heavy atom. The van der Waals surface area contributed by atoms with Crippen LogP contribution in [0, 0.1) is 5.92 Å². The predicted molar refractivity (Wildman–Crippen MR) is 475 cm³/mol. The van der Waals surface area contributed by atoms with Crippen LogP contribution in [0.4, 0.5) is 0 Å². The highest BCUT2D eigenvalue weighted by Crippen LogP contribution is 2.29. The number of carboxylic acids is 3. The minimum absolute atomic E-state index is 0.0574. The summed E-state index contributed by atoms with van der Waals surface area (Å²) in [7, 11) is 2.57. The number of phenolic OH excluding ortho intramolecular Hbond substituents is 1. The number of nitrogens with two attached hydrogens (primary N) is 2. The molecule has 0 aliphatic carbocycles. The van der Waals surface area contributed by atoms with Crippen molar-refractivity contribution in [3.05, 3.63) is 102 Å². The van der Waals surface area contributed by atoms with Crippen LogP contribution in [0.2, 0.25) is 0 Å². The number of Topliss-reactive ketones (excluding diaryl/α,β-unsaturated/α-hetero) is 1. The topological polar surface area (TPSA) is 663 Å². The molecule has 2 aromatic heterocycles. The van der Waals surface area contributed by atoms with Crippen LogP contribution in [0.15, 0.2) is 85.2 Å². The van der Waals surface area contributed by atoms with Crippen LogP contribution in [0.1, 0.15) is 127 Å². The molecule has 0 unspecified atom stereocenters. The fourth-order valence-corrected chi connectivity index (χ4v) is 17.5. The average Bonchev–Trinajstić information content (AvgIpc) is 1.16. The number of aliphatic hydroxyl groups excluding tert-OH is 2. The van der Waals surface area contributed by atoms with Crippen molar-refractivity contribution in [1.82, 2.24) is 82.3 Å². The number of amides is 15. The van der Waals surface area contributed by atoms with E-state index in [2.05, 4.69) is 57.8 Å². The molecule has 9 rings (SSSR count). The lowest BCUT2D eigenvalue weighted by Gasteiger charge is -2.37. The molecular formula is C88H118N18O26S. The number of fused-ring (bicyclic) bond motifs is 5. The number of primary amides is 1. The monoisotopic (exact) mass is 1870 g/mol. The smallest absolute Gasteiger partial charge is 0.305 e. The maximum absolute atomic E-state index is 15.7. The molecule has 0 spiro atoms. The first kappa shape index (κ1) is 104. The number of phenols is 1. The molecule has 6 heterocycles. The summed E-state index contributed by atoms with van der Waals surface area (Å²) in [5.74, 6) is -24.1.